The molecular formula is C18H30N2. The molecule has 112 valence electrons. The van der Waals surface area contributed by atoms with Gasteiger partial charge < -0.3 is 5.32 Å². The first-order valence-corrected chi connectivity index (χ1v) is 7.95. The Kier molecular flexibility index (Phi) is 4.87. The number of rotatable bonds is 3. The van der Waals surface area contributed by atoms with Crippen LogP contribution in [0.25, 0.3) is 0 Å². The van der Waals surface area contributed by atoms with Gasteiger partial charge in [-0.1, -0.05) is 52.0 Å². The fourth-order valence-corrected chi connectivity index (χ4v) is 3.13. The van der Waals surface area contributed by atoms with E-state index in [1.165, 1.54) is 11.1 Å². The van der Waals surface area contributed by atoms with Crippen molar-refractivity contribution < 1.29 is 0 Å². The van der Waals surface area contributed by atoms with Crippen LogP contribution in [0, 0.1) is 5.41 Å². The second-order valence-corrected chi connectivity index (χ2v) is 7.29. The molecule has 1 saturated heterocycles. The lowest BCUT2D eigenvalue weighted by Gasteiger charge is -2.46. The lowest BCUT2D eigenvalue weighted by molar-refractivity contribution is 0.0526. The summed E-state index contributed by atoms with van der Waals surface area (Å²) >= 11 is 0. The van der Waals surface area contributed by atoms with Gasteiger partial charge in [-0.3, -0.25) is 4.90 Å². The first-order chi connectivity index (χ1) is 9.40. The Hall–Kier alpha value is -0.860. The number of nitrogens with zero attached hydrogens (tertiary/aromatic N) is 1. The van der Waals surface area contributed by atoms with E-state index in [9.17, 15) is 0 Å². The van der Waals surface area contributed by atoms with Crippen LogP contribution in [-0.2, 0) is 13.0 Å². The molecular weight excluding hydrogens is 244 g/mol. The Labute approximate surface area is 124 Å². The highest BCUT2D eigenvalue weighted by Crippen LogP contribution is 2.27. The summed E-state index contributed by atoms with van der Waals surface area (Å²) < 4.78 is 0. The van der Waals surface area contributed by atoms with Crippen molar-refractivity contribution in [2.24, 2.45) is 5.41 Å². The second-order valence-electron chi connectivity index (χ2n) is 7.29. The van der Waals surface area contributed by atoms with Crippen LogP contribution in [0.15, 0.2) is 24.3 Å². The maximum atomic E-state index is 3.63. The maximum absolute atomic E-state index is 3.63. The summed E-state index contributed by atoms with van der Waals surface area (Å²) in [5.41, 5.74) is 3.18. The lowest BCUT2D eigenvalue weighted by Crippen LogP contribution is -2.59. The molecule has 0 spiro atoms. The van der Waals surface area contributed by atoms with E-state index in [0.29, 0.717) is 17.5 Å². The Morgan fingerprint density at radius 3 is 2.30 bits per heavy atom. The van der Waals surface area contributed by atoms with Gasteiger partial charge in [-0.2, -0.15) is 0 Å². The molecule has 1 aromatic carbocycles. The molecule has 0 radical (unpaired) electrons. The Bertz CT molecular complexity index is 416. The van der Waals surface area contributed by atoms with E-state index < -0.39 is 0 Å². The van der Waals surface area contributed by atoms with Gasteiger partial charge in [-0.25, -0.2) is 0 Å². The van der Waals surface area contributed by atoms with Crippen molar-refractivity contribution in [2.45, 2.75) is 59.7 Å². The summed E-state index contributed by atoms with van der Waals surface area (Å²) in [6.45, 7) is 14.8. The molecule has 2 heteroatoms. The summed E-state index contributed by atoms with van der Waals surface area (Å²) in [6.07, 6.45) is 1.12. The second kappa shape index (κ2) is 6.28. The average molecular weight is 274 g/mol. The van der Waals surface area contributed by atoms with Gasteiger partial charge >= 0.3 is 0 Å². The topological polar surface area (TPSA) is 15.3 Å². The molecule has 0 aromatic heterocycles. The first kappa shape index (κ1) is 15.5. The van der Waals surface area contributed by atoms with Crippen molar-refractivity contribution in [1.82, 2.24) is 10.2 Å². The molecule has 1 aromatic rings. The summed E-state index contributed by atoms with van der Waals surface area (Å²) in [7, 11) is 0. The van der Waals surface area contributed by atoms with Gasteiger partial charge in [-0.05, 0) is 29.9 Å². The van der Waals surface area contributed by atoms with Crippen LogP contribution in [0.5, 0.6) is 0 Å². The van der Waals surface area contributed by atoms with E-state index in [4.69, 9.17) is 0 Å². The van der Waals surface area contributed by atoms with Crippen LogP contribution in [-0.4, -0.2) is 30.1 Å². The third kappa shape index (κ3) is 3.83. The van der Waals surface area contributed by atoms with E-state index in [-0.39, 0.29) is 0 Å². The lowest BCUT2D eigenvalue weighted by atomic mass is 9.83. The molecule has 2 atom stereocenters. The molecule has 0 amide bonds. The molecule has 1 fully saturated rings. The minimum Gasteiger partial charge on any atom is -0.311 e. The van der Waals surface area contributed by atoms with Crippen molar-refractivity contribution >= 4 is 0 Å². The molecule has 2 rings (SSSR count). The van der Waals surface area contributed by atoms with Gasteiger partial charge in [0.2, 0.25) is 0 Å². The van der Waals surface area contributed by atoms with Crippen molar-refractivity contribution in [3.63, 3.8) is 0 Å². The summed E-state index contributed by atoms with van der Waals surface area (Å²) in [6, 6.07) is 10.3. The molecule has 2 unspecified atom stereocenters. The Morgan fingerprint density at radius 2 is 1.75 bits per heavy atom. The van der Waals surface area contributed by atoms with Crippen LogP contribution in [0.4, 0.5) is 0 Å². The van der Waals surface area contributed by atoms with Crippen LogP contribution in [0.1, 0.15) is 45.7 Å². The number of piperazine rings is 1. The molecule has 0 bridgehead atoms. The molecule has 2 nitrogen and oxygen atoms in total. The number of hydrogen-bond acceptors (Lipinski definition) is 2. The average Bonchev–Trinajstić information content (AvgIpc) is 2.38. The summed E-state index contributed by atoms with van der Waals surface area (Å²) in [4.78, 5) is 2.65. The van der Waals surface area contributed by atoms with Gasteiger partial charge in [0.1, 0.15) is 0 Å². The zero-order valence-corrected chi connectivity index (χ0v) is 13.7. The predicted octanol–water partition coefficient (Wildman–Crippen LogP) is 3.46. The largest absolute Gasteiger partial charge is 0.311 e. The highest BCUT2D eigenvalue weighted by Gasteiger charge is 2.34. The van der Waals surface area contributed by atoms with Gasteiger partial charge in [-0.15, -0.1) is 0 Å². The molecule has 1 aliphatic rings. The van der Waals surface area contributed by atoms with Crippen molar-refractivity contribution in [1.29, 1.82) is 0 Å². The molecule has 0 saturated carbocycles. The smallest absolute Gasteiger partial charge is 0.0273 e. The van der Waals surface area contributed by atoms with Gasteiger partial charge in [0.15, 0.2) is 0 Å². The Morgan fingerprint density at radius 1 is 1.15 bits per heavy atom. The minimum atomic E-state index is 0.316. The molecule has 1 aliphatic heterocycles. The predicted molar refractivity (Wildman–Crippen MR) is 86.9 cm³/mol. The monoisotopic (exact) mass is 274 g/mol. The van der Waals surface area contributed by atoms with Crippen LogP contribution in [0.2, 0.25) is 0 Å². The summed E-state index contributed by atoms with van der Waals surface area (Å²) in [5.74, 6) is 0. The van der Waals surface area contributed by atoms with E-state index >= 15 is 0 Å². The molecule has 20 heavy (non-hydrogen) atoms. The van der Waals surface area contributed by atoms with E-state index in [2.05, 4.69) is 69.1 Å². The number of aryl methyl sites for hydroxylation is 1. The number of benzene rings is 1. The van der Waals surface area contributed by atoms with Crippen molar-refractivity contribution in [3.05, 3.63) is 35.4 Å². The highest BCUT2D eigenvalue weighted by molar-refractivity contribution is 5.22. The molecule has 1 N–H and O–H groups in total. The van der Waals surface area contributed by atoms with Crippen molar-refractivity contribution in [2.75, 3.05) is 13.1 Å². The third-order valence-electron chi connectivity index (χ3n) is 4.43. The standard InChI is InChI=1S/C18H30N2/c1-6-15-7-9-16(10-8-15)13-20-12-14(2)19-11-17(20)18(3,4)5/h7-10,14,17,19H,6,11-13H2,1-5H3. The zero-order chi connectivity index (χ0) is 14.8. The van der Waals surface area contributed by atoms with Crippen LogP contribution in [0.3, 0.4) is 0 Å². The van der Waals surface area contributed by atoms with Gasteiger partial charge in [0.05, 0.1) is 0 Å². The fourth-order valence-electron chi connectivity index (χ4n) is 3.13. The third-order valence-corrected chi connectivity index (χ3v) is 4.43. The normalized spacial score (nSPS) is 24.9. The van der Waals surface area contributed by atoms with Crippen LogP contribution < -0.4 is 5.32 Å². The maximum Gasteiger partial charge on any atom is 0.0273 e. The molecule has 1 heterocycles. The van der Waals surface area contributed by atoms with Gasteiger partial charge in [0, 0.05) is 31.7 Å². The Balaban J connectivity index is 2.10. The van der Waals surface area contributed by atoms with Gasteiger partial charge in [0.25, 0.3) is 0 Å². The highest BCUT2D eigenvalue weighted by atomic mass is 15.2. The SMILES string of the molecule is CCc1ccc(CN2CC(C)NCC2C(C)(C)C)cc1. The first-order valence-electron chi connectivity index (χ1n) is 7.95. The van der Waals surface area contributed by atoms with E-state index in [1.54, 1.807) is 0 Å². The van der Waals surface area contributed by atoms with Crippen LogP contribution >= 0.6 is 0 Å². The number of nitrogens with one attached hydrogen (secondary N) is 1. The van der Waals surface area contributed by atoms with E-state index in [1.807, 2.05) is 0 Å². The molecule has 0 aliphatic carbocycles. The minimum absolute atomic E-state index is 0.316. The quantitative estimate of drug-likeness (QED) is 0.908. The summed E-state index contributed by atoms with van der Waals surface area (Å²) in [5, 5.41) is 3.63. The number of hydrogen-bond donors (Lipinski definition) is 1. The van der Waals surface area contributed by atoms with Crippen molar-refractivity contribution in [3.8, 4) is 0 Å². The fraction of sp³-hybridized carbons (Fsp3) is 0.667. The van der Waals surface area contributed by atoms with E-state index in [0.717, 1.165) is 26.1 Å². The zero-order valence-electron chi connectivity index (χ0n) is 13.7.